The fraction of sp³-hybridized carbons (Fsp3) is 0.765. The lowest BCUT2D eigenvalue weighted by Crippen LogP contribution is -2.36. The van der Waals surface area contributed by atoms with E-state index < -0.39 is 11.2 Å². The Morgan fingerprint density at radius 3 is 2.87 bits per heavy atom. The number of fused-ring (bicyclic) bond motifs is 1. The van der Waals surface area contributed by atoms with Gasteiger partial charge in [-0.15, -0.1) is 0 Å². The fourth-order valence-corrected chi connectivity index (χ4v) is 3.23. The molecule has 0 atom stereocenters. The van der Waals surface area contributed by atoms with E-state index in [1.54, 1.807) is 0 Å². The molecular formula is C17H26N2O4. The van der Waals surface area contributed by atoms with Crippen LogP contribution in [-0.2, 0) is 38.4 Å². The molecule has 1 aromatic heterocycles. The smallest absolute Gasteiger partial charge is 0.311 e. The number of carbonyl (C=O) groups is 1. The van der Waals surface area contributed by atoms with Crippen LogP contribution in [0.4, 0.5) is 0 Å². The van der Waals surface area contributed by atoms with Crippen molar-refractivity contribution >= 4 is 5.97 Å². The molecule has 1 aromatic rings. The molecule has 23 heavy (non-hydrogen) atoms. The summed E-state index contributed by atoms with van der Waals surface area (Å²) < 4.78 is 18.7. The van der Waals surface area contributed by atoms with Crippen molar-refractivity contribution in [3.8, 4) is 0 Å². The van der Waals surface area contributed by atoms with Gasteiger partial charge in [-0.25, -0.2) is 0 Å². The minimum atomic E-state index is -0.499. The monoisotopic (exact) mass is 322 g/mol. The first-order chi connectivity index (χ1) is 10.9. The van der Waals surface area contributed by atoms with Crippen molar-refractivity contribution in [1.82, 2.24) is 9.78 Å². The van der Waals surface area contributed by atoms with Crippen molar-refractivity contribution in [2.75, 3.05) is 19.8 Å². The molecule has 2 aliphatic rings. The quantitative estimate of drug-likeness (QED) is 0.777. The fourth-order valence-electron chi connectivity index (χ4n) is 3.23. The zero-order valence-corrected chi connectivity index (χ0v) is 14.3. The highest BCUT2D eigenvalue weighted by atomic mass is 16.7. The van der Waals surface area contributed by atoms with Gasteiger partial charge in [-0.05, 0) is 39.2 Å². The highest BCUT2D eigenvalue weighted by Gasteiger charge is 2.41. The van der Waals surface area contributed by atoms with E-state index in [9.17, 15) is 4.79 Å². The molecule has 3 rings (SSSR count). The van der Waals surface area contributed by atoms with Crippen molar-refractivity contribution in [3.05, 3.63) is 17.5 Å². The third-order valence-corrected chi connectivity index (χ3v) is 4.73. The molecule has 0 bridgehead atoms. The molecule has 2 heterocycles. The number of aromatic nitrogens is 2. The minimum Gasteiger partial charge on any atom is -0.466 e. The largest absolute Gasteiger partial charge is 0.466 e. The van der Waals surface area contributed by atoms with Crippen LogP contribution < -0.4 is 0 Å². The Morgan fingerprint density at radius 2 is 2.17 bits per heavy atom. The van der Waals surface area contributed by atoms with Crippen molar-refractivity contribution in [1.29, 1.82) is 0 Å². The van der Waals surface area contributed by atoms with Gasteiger partial charge in [0.2, 0.25) is 0 Å². The Balaban J connectivity index is 1.63. The average molecular weight is 322 g/mol. The van der Waals surface area contributed by atoms with Crippen LogP contribution in [0.1, 0.15) is 44.9 Å². The number of rotatable bonds is 5. The van der Waals surface area contributed by atoms with Crippen LogP contribution in [-0.4, -0.2) is 41.4 Å². The summed E-state index contributed by atoms with van der Waals surface area (Å²) in [7, 11) is 0. The molecule has 0 N–H and O–H groups in total. The van der Waals surface area contributed by atoms with E-state index in [0.29, 0.717) is 32.8 Å². The first-order valence-corrected chi connectivity index (χ1v) is 8.44. The topological polar surface area (TPSA) is 62.6 Å². The third kappa shape index (κ3) is 3.43. The summed E-state index contributed by atoms with van der Waals surface area (Å²) in [5.74, 6) is -0.575. The molecule has 6 nitrogen and oxygen atoms in total. The van der Waals surface area contributed by atoms with Crippen LogP contribution in [0.3, 0.4) is 0 Å². The van der Waals surface area contributed by atoms with Crippen LogP contribution in [0.2, 0.25) is 0 Å². The van der Waals surface area contributed by atoms with Crippen molar-refractivity contribution in [2.24, 2.45) is 5.41 Å². The molecule has 0 saturated carbocycles. The Kier molecular flexibility index (Phi) is 4.47. The van der Waals surface area contributed by atoms with Gasteiger partial charge in [0.1, 0.15) is 0 Å². The van der Waals surface area contributed by atoms with Crippen molar-refractivity contribution < 1.29 is 19.0 Å². The summed E-state index contributed by atoms with van der Waals surface area (Å²) in [4.78, 5) is 12.0. The van der Waals surface area contributed by atoms with E-state index in [-0.39, 0.29) is 5.97 Å². The number of esters is 1. The number of hydrogen-bond acceptors (Lipinski definition) is 5. The molecule has 0 radical (unpaired) electrons. The molecule has 0 amide bonds. The van der Waals surface area contributed by atoms with Crippen LogP contribution in [0, 0.1) is 5.41 Å². The summed E-state index contributed by atoms with van der Waals surface area (Å²) in [6.45, 7) is 8.15. The second-order valence-electron chi connectivity index (χ2n) is 7.00. The van der Waals surface area contributed by atoms with Crippen molar-refractivity contribution in [3.63, 3.8) is 0 Å². The molecule has 1 saturated heterocycles. The van der Waals surface area contributed by atoms with E-state index in [1.807, 2.05) is 25.5 Å². The van der Waals surface area contributed by atoms with Gasteiger partial charge in [-0.3, -0.25) is 9.48 Å². The Labute approximate surface area is 137 Å². The second-order valence-corrected chi connectivity index (χ2v) is 7.00. The lowest BCUT2D eigenvalue weighted by atomic mass is 9.89. The van der Waals surface area contributed by atoms with E-state index in [2.05, 4.69) is 11.3 Å². The Bertz CT molecular complexity index is 573. The van der Waals surface area contributed by atoms with E-state index in [4.69, 9.17) is 14.2 Å². The zero-order valence-electron chi connectivity index (χ0n) is 14.3. The standard InChI is InChI=1S/C17H26N2O4/c1-4-21-15(20)16(2,3)7-8-19-12-13-11-17(22-9-10-23-17)6-5-14(13)18-19/h12H,4-11H2,1-3H3. The number of nitrogens with zero attached hydrogens (tertiary/aromatic N) is 2. The summed E-state index contributed by atoms with van der Waals surface area (Å²) in [5, 5.41) is 4.67. The summed E-state index contributed by atoms with van der Waals surface area (Å²) in [6.07, 6.45) is 5.28. The predicted octanol–water partition coefficient (Wildman–Crippen LogP) is 2.09. The molecule has 1 aliphatic heterocycles. The molecule has 6 heteroatoms. The van der Waals surface area contributed by atoms with E-state index in [1.165, 1.54) is 5.56 Å². The normalized spacial score (nSPS) is 19.8. The maximum absolute atomic E-state index is 12.0. The van der Waals surface area contributed by atoms with Gasteiger partial charge in [0, 0.05) is 25.6 Å². The van der Waals surface area contributed by atoms with Gasteiger partial charge >= 0.3 is 5.97 Å². The van der Waals surface area contributed by atoms with Gasteiger partial charge < -0.3 is 14.2 Å². The Morgan fingerprint density at radius 1 is 1.43 bits per heavy atom. The molecule has 1 aliphatic carbocycles. The van der Waals surface area contributed by atoms with E-state index in [0.717, 1.165) is 25.0 Å². The van der Waals surface area contributed by atoms with Crippen LogP contribution in [0.5, 0.6) is 0 Å². The van der Waals surface area contributed by atoms with Crippen LogP contribution in [0.25, 0.3) is 0 Å². The maximum Gasteiger partial charge on any atom is 0.311 e. The molecule has 0 aromatic carbocycles. The molecule has 0 unspecified atom stereocenters. The van der Waals surface area contributed by atoms with Crippen LogP contribution in [0.15, 0.2) is 6.20 Å². The first kappa shape index (κ1) is 16.5. The highest BCUT2D eigenvalue weighted by Crippen LogP contribution is 2.35. The summed E-state index contributed by atoms with van der Waals surface area (Å²) in [5.41, 5.74) is 1.83. The summed E-state index contributed by atoms with van der Waals surface area (Å²) in [6, 6.07) is 0. The predicted molar refractivity (Wildman–Crippen MR) is 83.9 cm³/mol. The first-order valence-electron chi connectivity index (χ1n) is 8.44. The molecule has 1 fully saturated rings. The zero-order chi connectivity index (χ0) is 16.5. The number of hydrogen-bond donors (Lipinski definition) is 0. The van der Waals surface area contributed by atoms with Gasteiger partial charge in [0.05, 0.1) is 30.9 Å². The number of ether oxygens (including phenoxy) is 3. The number of carbonyl (C=O) groups excluding carboxylic acids is 1. The summed E-state index contributed by atoms with van der Waals surface area (Å²) >= 11 is 0. The lowest BCUT2D eigenvalue weighted by molar-refractivity contribution is -0.163. The minimum absolute atomic E-state index is 0.149. The number of aryl methyl sites for hydroxylation is 2. The van der Waals surface area contributed by atoms with Crippen molar-refractivity contribution in [2.45, 2.75) is 58.8 Å². The van der Waals surface area contributed by atoms with E-state index >= 15 is 0 Å². The van der Waals surface area contributed by atoms with Gasteiger partial charge in [0.15, 0.2) is 5.79 Å². The van der Waals surface area contributed by atoms with Gasteiger partial charge in [0.25, 0.3) is 0 Å². The lowest BCUT2D eigenvalue weighted by Gasteiger charge is -2.30. The Hall–Kier alpha value is -1.40. The molecule has 128 valence electrons. The molecule has 1 spiro atoms. The van der Waals surface area contributed by atoms with Gasteiger partial charge in [-0.1, -0.05) is 0 Å². The highest BCUT2D eigenvalue weighted by molar-refractivity contribution is 5.75. The second kappa shape index (κ2) is 6.24. The molecular weight excluding hydrogens is 296 g/mol. The SMILES string of the molecule is CCOC(=O)C(C)(C)CCn1cc2c(n1)CCC1(C2)OCCO1. The third-order valence-electron chi connectivity index (χ3n) is 4.73. The van der Waals surface area contributed by atoms with Gasteiger partial charge in [-0.2, -0.15) is 5.10 Å². The van der Waals surface area contributed by atoms with Crippen LogP contribution >= 0.6 is 0 Å². The maximum atomic E-state index is 12.0. The average Bonchev–Trinajstić information content (AvgIpc) is 3.12.